The predicted octanol–water partition coefficient (Wildman–Crippen LogP) is 2.13. The number of carbonyl (C=O) groups is 1. The highest BCUT2D eigenvalue weighted by molar-refractivity contribution is 5.93. The number of halogens is 1. The molecular weight excluding hydrogens is 361 g/mol. The van der Waals surface area contributed by atoms with Gasteiger partial charge in [0, 0.05) is 37.8 Å². The van der Waals surface area contributed by atoms with Crippen molar-refractivity contribution in [3.05, 3.63) is 60.2 Å². The summed E-state index contributed by atoms with van der Waals surface area (Å²) < 4.78 is 20.1. The number of benzene rings is 1. The number of rotatable bonds is 4. The zero-order valence-electron chi connectivity index (χ0n) is 15.4. The molecule has 3 aromatic rings. The van der Waals surface area contributed by atoms with Crippen LogP contribution in [0.3, 0.4) is 0 Å². The normalized spacial score (nSPS) is 14.1. The molecular formula is C20H20FN5O2. The fourth-order valence-corrected chi connectivity index (χ4v) is 3.16. The molecule has 8 heteroatoms. The van der Waals surface area contributed by atoms with E-state index in [0.29, 0.717) is 36.0 Å². The average molecular weight is 381 g/mol. The van der Waals surface area contributed by atoms with Crippen molar-refractivity contribution >= 4 is 5.91 Å². The fourth-order valence-electron chi connectivity index (χ4n) is 3.16. The molecule has 1 fully saturated rings. The number of nitrogens with one attached hydrogen (secondary N) is 1. The van der Waals surface area contributed by atoms with Gasteiger partial charge in [0.05, 0.1) is 24.7 Å². The van der Waals surface area contributed by atoms with Gasteiger partial charge < -0.3 is 15.0 Å². The maximum absolute atomic E-state index is 13.4. The van der Waals surface area contributed by atoms with Gasteiger partial charge in [-0.1, -0.05) is 0 Å². The quantitative estimate of drug-likeness (QED) is 0.750. The Morgan fingerprint density at radius 2 is 1.89 bits per heavy atom. The van der Waals surface area contributed by atoms with E-state index in [4.69, 9.17) is 4.74 Å². The van der Waals surface area contributed by atoms with Crippen molar-refractivity contribution in [2.24, 2.45) is 0 Å². The zero-order chi connectivity index (χ0) is 19.5. The molecule has 0 saturated carbocycles. The van der Waals surface area contributed by atoms with E-state index >= 15 is 0 Å². The summed E-state index contributed by atoms with van der Waals surface area (Å²) in [7, 11) is 1.55. The number of amides is 1. The molecule has 0 atom stereocenters. The van der Waals surface area contributed by atoms with Crippen LogP contribution in [0.25, 0.3) is 16.9 Å². The van der Waals surface area contributed by atoms with E-state index in [1.807, 2.05) is 6.07 Å². The first-order chi connectivity index (χ1) is 13.7. The molecule has 1 aliphatic rings. The van der Waals surface area contributed by atoms with Gasteiger partial charge in [-0.25, -0.2) is 14.1 Å². The number of hydrogen-bond acceptors (Lipinski definition) is 5. The first-order valence-electron chi connectivity index (χ1n) is 9.02. The smallest absolute Gasteiger partial charge is 0.274 e. The third-order valence-electron chi connectivity index (χ3n) is 4.65. The van der Waals surface area contributed by atoms with Crippen LogP contribution in [0, 0.1) is 5.82 Å². The summed E-state index contributed by atoms with van der Waals surface area (Å²) in [6.07, 6.45) is 1.62. The number of carbonyl (C=O) groups excluding carboxylic acids is 1. The van der Waals surface area contributed by atoms with Crippen molar-refractivity contribution in [3.63, 3.8) is 0 Å². The van der Waals surface area contributed by atoms with Crippen LogP contribution >= 0.6 is 0 Å². The Morgan fingerprint density at radius 1 is 1.14 bits per heavy atom. The third kappa shape index (κ3) is 3.59. The highest BCUT2D eigenvalue weighted by atomic mass is 19.1. The van der Waals surface area contributed by atoms with Gasteiger partial charge >= 0.3 is 0 Å². The molecule has 2 aromatic heterocycles. The SMILES string of the molecule is COc1ccc(-n2nc(C(=O)N3CCNCC3)cc2-c2ccc(F)cc2)cn1. The lowest BCUT2D eigenvalue weighted by atomic mass is 10.1. The predicted molar refractivity (Wildman–Crippen MR) is 102 cm³/mol. The molecule has 0 spiro atoms. The maximum atomic E-state index is 13.4. The van der Waals surface area contributed by atoms with Crippen LogP contribution in [0.5, 0.6) is 5.88 Å². The number of ether oxygens (including phenoxy) is 1. The van der Waals surface area contributed by atoms with Crippen LogP contribution in [-0.4, -0.2) is 58.9 Å². The third-order valence-corrected chi connectivity index (χ3v) is 4.65. The van der Waals surface area contributed by atoms with E-state index in [1.165, 1.54) is 12.1 Å². The average Bonchev–Trinajstić information content (AvgIpc) is 3.20. The topological polar surface area (TPSA) is 72.3 Å². The second-order valence-electron chi connectivity index (χ2n) is 6.43. The van der Waals surface area contributed by atoms with Gasteiger partial charge in [0.15, 0.2) is 5.69 Å². The molecule has 0 bridgehead atoms. The lowest BCUT2D eigenvalue weighted by Gasteiger charge is -2.26. The van der Waals surface area contributed by atoms with Gasteiger partial charge in [-0.2, -0.15) is 5.10 Å². The maximum Gasteiger partial charge on any atom is 0.274 e. The van der Waals surface area contributed by atoms with Crippen LogP contribution < -0.4 is 10.1 Å². The molecule has 1 amide bonds. The largest absolute Gasteiger partial charge is 0.481 e. The fraction of sp³-hybridized carbons (Fsp3) is 0.250. The van der Waals surface area contributed by atoms with Crippen LogP contribution in [-0.2, 0) is 0 Å². The van der Waals surface area contributed by atoms with Crippen LogP contribution in [0.1, 0.15) is 10.5 Å². The molecule has 1 aliphatic heterocycles. The summed E-state index contributed by atoms with van der Waals surface area (Å²) in [6, 6.07) is 11.4. The number of nitrogens with zero attached hydrogens (tertiary/aromatic N) is 4. The number of aromatic nitrogens is 3. The Morgan fingerprint density at radius 3 is 2.54 bits per heavy atom. The van der Waals surface area contributed by atoms with Crippen molar-refractivity contribution in [3.8, 4) is 22.8 Å². The van der Waals surface area contributed by atoms with Gasteiger partial charge in [0.25, 0.3) is 5.91 Å². The van der Waals surface area contributed by atoms with Gasteiger partial charge in [-0.3, -0.25) is 4.79 Å². The summed E-state index contributed by atoms with van der Waals surface area (Å²) >= 11 is 0. The van der Waals surface area contributed by atoms with E-state index in [9.17, 15) is 9.18 Å². The minimum absolute atomic E-state index is 0.120. The van der Waals surface area contributed by atoms with E-state index in [1.54, 1.807) is 47.2 Å². The Labute approximate surface area is 161 Å². The van der Waals surface area contributed by atoms with Crippen molar-refractivity contribution in [2.75, 3.05) is 33.3 Å². The lowest BCUT2D eigenvalue weighted by Crippen LogP contribution is -2.46. The summed E-state index contributed by atoms with van der Waals surface area (Å²) in [4.78, 5) is 18.9. The van der Waals surface area contributed by atoms with E-state index < -0.39 is 0 Å². The van der Waals surface area contributed by atoms with Crippen molar-refractivity contribution < 1.29 is 13.9 Å². The number of hydrogen-bond donors (Lipinski definition) is 1. The van der Waals surface area contributed by atoms with Crippen LogP contribution in [0.15, 0.2) is 48.7 Å². The highest BCUT2D eigenvalue weighted by Crippen LogP contribution is 2.25. The Hall–Kier alpha value is -3.26. The zero-order valence-corrected chi connectivity index (χ0v) is 15.4. The first-order valence-corrected chi connectivity index (χ1v) is 9.02. The monoisotopic (exact) mass is 381 g/mol. The standard InChI is InChI=1S/C20H20FN5O2/c1-28-19-7-6-16(13-23-19)26-18(14-2-4-15(21)5-3-14)12-17(24-26)20(27)25-10-8-22-9-11-25/h2-7,12-13,22H,8-11H2,1H3. The van der Waals surface area contributed by atoms with Crippen LogP contribution in [0.4, 0.5) is 4.39 Å². The van der Waals surface area contributed by atoms with Gasteiger partial charge in [-0.15, -0.1) is 0 Å². The number of methoxy groups -OCH3 is 1. The second-order valence-corrected chi connectivity index (χ2v) is 6.43. The molecule has 1 aromatic carbocycles. The number of piperazine rings is 1. The second kappa shape index (κ2) is 7.77. The van der Waals surface area contributed by atoms with E-state index in [-0.39, 0.29) is 11.7 Å². The molecule has 0 aliphatic carbocycles. The summed E-state index contributed by atoms with van der Waals surface area (Å²) in [5, 5.41) is 7.77. The molecule has 1 N–H and O–H groups in total. The molecule has 0 unspecified atom stereocenters. The highest BCUT2D eigenvalue weighted by Gasteiger charge is 2.23. The minimum Gasteiger partial charge on any atom is -0.481 e. The van der Waals surface area contributed by atoms with E-state index in [0.717, 1.165) is 18.7 Å². The van der Waals surface area contributed by atoms with Crippen LogP contribution in [0.2, 0.25) is 0 Å². The molecule has 4 rings (SSSR count). The Balaban J connectivity index is 1.76. The van der Waals surface area contributed by atoms with E-state index in [2.05, 4.69) is 15.4 Å². The molecule has 144 valence electrons. The van der Waals surface area contributed by atoms with Crippen molar-refractivity contribution in [2.45, 2.75) is 0 Å². The first kappa shape index (κ1) is 18.1. The Bertz CT molecular complexity index is 963. The van der Waals surface area contributed by atoms with Crippen molar-refractivity contribution in [1.82, 2.24) is 25.0 Å². The Kier molecular flexibility index (Phi) is 5.03. The molecule has 3 heterocycles. The summed E-state index contributed by atoms with van der Waals surface area (Å²) in [5.74, 6) is 0.0412. The van der Waals surface area contributed by atoms with Gasteiger partial charge in [0.2, 0.25) is 5.88 Å². The van der Waals surface area contributed by atoms with Crippen molar-refractivity contribution in [1.29, 1.82) is 0 Å². The molecule has 1 saturated heterocycles. The molecule has 28 heavy (non-hydrogen) atoms. The molecule has 0 radical (unpaired) electrons. The summed E-state index contributed by atoms with van der Waals surface area (Å²) in [5.41, 5.74) is 2.46. The van der Waals surface area contributed by atoms with Gasteiger partial charge in [0.1, 0.15) is 5.82 Å². The molecule has 7 nitrogen and oxygen atoms in total. The lowest BCUT2D eigenvalue weighted by molar-refractivity contribution is 0.0729. The number of pyridine rings is 1. The van der Waals surface area contributed by atoms with Gasteiger partial charge in [-0.05, 0) is 36.4 Å². The minimum atomic E-state index is -0.321. The summed E-state index contributed by atoms with van der Waals surface area (Å²) in [6.45, 7) is 2.81.